The van der Waals surface area contributed by atoms with Gasteiger partial charge in [-0.15, -0.1) is 0 Å². The number of rotatable bonds is 18. The fraction of sp³-hybridized carbons (Fsp3) is 0.580. The zero-order valence-corrected chi connectivity index (χ0v) is 39.5. The van der Waals surface area contributed by atoms with Crippen LogP contribution in [0.5, 0.6) is 0 Å². The van der Waals surface area contributed by atoms with Gasteiger partial charge >= 0.3 is 5.69 Å². The van der Waals surface area contributed by atoms with Gasteiger partial charge in [0.05, 0.1) is 35.5 Å². The molecule has 1 unspecified atom stereocenters. The first-order chi connectivity index (χ1) is 33.4. The van der Waals surface area contributed by atoms with Crippen LogP contribution >= 0.6 is 0 Å². The lowest BCUT2D eigenvalue weighted by Gasteiger charge is -2.43. The number of carbonyl (C=O) groups is 3. The second-order valence-electron chi connectivity index (χ2n) is 20.1. The molecule has 6 heterocycles. The molecule has 5 aliphatic rings. The summed E-state index contributed by atoms with van der Waals surface area (Å²) in [7, 11) is 3.92. The highest BCUT2D eigenvalue weighted by molar-refractivity contribution is 6.03. The molecule has 10 rings (SSSR count). The molecule has 1 atom stereocenters. The summed E-state index contributed by atoms with van der Waals surface area (Å²) in [5, 5.41) is 9.26. The average Bonchev–Trinajstić information content (AvgIpc) is 3.74. The SMILES string of the molecule is CN(CC1CCC(n2cc(NC(=O)c3coc(-c4ccnc(CCC5CC5)c4)n3)c(C(F)F)n2)CC1)C1CC(OCCN2CCN(Cc3ccc4c(c3)n(C)c(=O)n4C3CCC(=O)NC3=O)CC2)C1. The number of hydrogen-bond donors (Lipinski definition) is 2. The summed E-state index contributed by atoms with van der Waals surface area (Å²) in [6.45, 7) is 7.15. The number of piperidine rings is 1. The van der Waals surface area contributed by atoms with Crippen molar-refractivity contribution < 1.29 is 32.3 Å². The van der Waals surface area contributed by atoms with Gasteiger partial charge in [0.25, 0.3) is 12.3 Å². The number of halogens is 2. The molecule has 3 aliphatic carbocycles. The second kappa shape index (κ2) is 20.4. The molecule has 5 fully saturated rings. The summed E-state index contributed by atoms with van der Waals surface area (Å²) < 4.78 is 45.1. The van der Waals surface area contributed by atoms with Crippen LogP contribution in [0.4, 0.5) is 14.5 Å². The Balaban J connectivity index is 0.621. The minimum atomic E-state index is -2.85. The number of pyridine rings is 1. The van der Waals surface area contributed by atoms with Crippen LogP contribution in [0, 0.1) is 11.8 Å². The lowest BCUT2D eigenvalue weighted by atomic mass is 9.83. The van der Waals surface area contributed by atoms with Gasteiger partial charge in [0.2, 0.25) is 17.7 Å². The molecule has 0 bridgehead atoms. The summed E-state index contributed by atoms with van der Waals surface area (Å²) in [5.74, 6) is 0.199. The summed E-state index contributed by atoms with van der Waals surface area (Å²) in [6, 6.07) is 9.45. The largest absolute Gasteiger partial charge is 0.444 e. The monoisotopic (exact) mass is 951 g/mol. The first kappa shape index (κ1) is 47.1. The fourth-order valence-electron chi connectivity index (χ4n) is 10.8. The van der Waals surface area contributed by atoms with Crippen molar-refractivity contribution in [2.75, 3.05) is 58.2 Å². The van der Waals surface area contributed by atoms with Crippen LogP contribution < -0.4 is 16.3 Å². The number of hydrogen-bond acceptors (Lipinski definition) is 12. The van der Waals surface area contributed by atoms with E-state index in [9.17, 15) is 28.0 Å². The summed E-state index contributed by atoms with van der Waals surface area (Å²) in [4.78, 5) is 66.8. The van der Waals surface area contributed by atoms with Crippen LogP contribution in [0.15, 0.2) is 58.2 Å². The first-order valence-corrected chi connectivity index (χ1v) is 24.8. The molecule has 4 aromatic heterocycles. The molecule has 1 aromatic carbocycles. The number of aromatic nitrogens is 6. The number of anilines is 1. The van der Waals surface area contributed by atoms with Gasteiger partial charge in [-0.25, -0.2) is 18.6 Å². The number of oxazole rings is 1. The number of imidazole rings is 1. The van der Waals surface area contributed by atoms with Crippen molar-refractivity contribution in [2.24, 2.45) is 18.9 Å². The molecule has 2 saturated heterocycles. The van der Waals surface area contributed by atoms with E-state index in [0.29, 0.717) is 36.1 Å². The van der Waals surface area contributed by atoms with E-state index >= 15 is 0 Å². The molecule has 0 radical (unpaired) electrons. The Hall–Kier alpha value is -5.63. The number of fused-ring (bicyclic) bond motifs is 1. The van der Waals surface area contributed by atoms with E-state index in [1.165, 1.54) is 29.9 Å². The van der Waals surface area contributed by atoms with E-state index in [4.69, 9.17) is 9.15 Å². The Bertz CT molecular complexity index is 2700. The fourth-order valence-corrected chi connectivity index (χ4v) is 10.8. The molecule has 19 heteroatoms. The van der Waals surface area contributed by atoms with Crippen LogP contribution in [0.3, 0.4) is 0 Å². The molecule has 368 valence electrons. The van der Waals surface area contributed by atoms with Crippen molar-refractivity contribution in [1.82, 2.24) is 48.9 Å². The topological polar surface area (TPSA) is 178 Å². The number of amides is 3. The van der Waals surface area contributed by atoms with E-state index in [-0.39, 0.29) is 47.4 Å². The van der Waals surface area contributed by atoms with Gasteiger partial charge in [0.15, 0.2) is 11.4 Å². The zero-order chi connectivity index (χ0) is 47.8. The Morgan fingerprint density at radius 3 is 2.49 bits per heavy atom. The minimum absolute atomic E-state index is 0.00129. The molecule has 17 nitrogen and oxygen atoms in total. The van der Waals surface area contributed by atoms with Crippen LogP contribution in [0.25, 0.3) is 22.5 Å². The van der Waals surface area contributed by atoms with E-state index in [2.05, 4.69) is 47.4 Å². The Morgan fingerprint density at radius 2 is 1.74 bits per heavy atom. The van der Waals surface area contributed by atoms with E-state index in [1.807, 2.05) is 24.3 Å². The maximum atomic E-state index is 14.2. The van der Waals surface area contributed by atoms with Gasteiger partial charge < -0.3 is 19.4 Å². The molecule has 3 amide bonds. The lowest BCUT2D eigenvalue weighted by Crippen LogP contribution is -2.49. The molecular weight excluding hydrogens is 889 g/mol. The molecule has 2 aliphatic heterocycles. The van der Waals surface area contributed by atoms with E-state index in [0.717, 1.165) is 120 Å². The molecule has 2 N–H and O–H groups in total. The number of alkyl halides is 2. The summed E-state index contributed by atoms with van der Waals surface area (Å²) >= 11 is 0. The highest BCUT2D eigenvalue weighted by atomic mass is 19.3. The van der Waals surface area contributed by atoms with Crippen molar-refractivity contribution >= 4 is 34.4 Å². The van der Waals surface area contributed by atoms with Gasteiger partial charge in [-0.05, 0) is 106 Å². The Labute approximate surface area is 399 Å². The van der Waals surface area contributed by atoms with Crippen molar-refractivity contribution in [3.8, 4) is 11.5 Å². The smallest absolute Gasteiger partial charge is 0.329 e. The van der Waals surface area contributed by atoms with Gasteiger partial charge in [-0.3, -0.25) is 48.3 Å². The first-order valence-electron chi connectivity index (χ1n) is 24.8. The van der Waals surface area contributed by atoms with Crippen molar-refractivity contribution in [3.05, 3.63) is 82.1 Å². The number of nitrogens with zero attached hydrogens (tertiary/aromatic N) is 9. The zero-order valence-electron chi connectivity index (χ0n) is 39.5. The molecule has 69 heavy (non-hydrogen) atoms. The van der Waals surface area contributed by atoms with Gasteiger partial charge in [0, 0.05) is 89.0 Å². The normalized spacial score (nSPS) is 23.8. The predicted molar refractivity (Wildman–Crippen MR) is 253 cm³/mol. The Kier molecular flexibility index (Phi) is 13.9. The van der Waals surface area contributed by atoms with Crippen LogP contribution in [0.1, 0.15) is 117 Å². The van der Waals surface area contributed by atoms with Crippen LogP contribution in [-0.2, 0) is 34.3 Å². The maximum Gasteiger partial charge on any atom is 0.329 e. The quantitative estimate of drug-likeness (QED) is 0.0964. The molecule has 5 aromatic rings. The number of imide groups is 1. The highest BCUT2D eigenvalue weighted by Crippen LogP contribution is 2.37. The number of carbonyl (C=O) groups excluding carboxylic acids is 3. The molecule has 3 saturated carbocycles. The third-order valence-corrected chi connectivity index (χ3v) is 15.3. The van der Waals surface area contributed by atoms with Gasteiger partial charge in [-0.2, -0.15) is 5.10 Å². The van der Waals surface area contributed by atoms with Crippen LogP contribution in [-0.4, -0.2) is 126 Å². The number of aryl methyl sites for hydroxylation is 2. The minimum Gasteiger partial charge on any atom is -0.444 e. The van der Waals surface area contributed by atoms with E-state index < -0.39 is 30.0 Å². The molecule has 0 spiro atoms. The van der Waals surface area contributed by atoms with Gasteiger partial charge in [0.1, 0.15) is 12.3 Å². The number of piperazine rings is 1. The lowest BCUT2D eigenvalue weighted by molar-refractivity contribution is -0.135. The summed E-state index contributed by atoms with van der Waals surface area (Å²) in [5.41, 5.74) is 3.51. The highest BCUT2D eigenvalue weighted by Gasteiger charge is 2.36. The summed E-state index contributed by atoms with van der Waals surface area (Å²) in [6.07, 6.45) is 12.6. The third-order valence-electron chi connectivity index (χ3n) is 15.3. The number of ether oxygens (including phenoxy) is 1. The van der Waals surface area contributed by atoms with Gasteiger partial charge in [-0.1, -0.05) is 18.9 Å². The van der Waals surface area contributed by atoms with Crippen molar-refractivity contribution in [1.29, 1.82) is 0 Å². The van der Waals surface area contributed by atoms with Crippen LogP contribution in [0.2, 0.25) is 0 Å². The van der Waals surface area contributed by atoms with Crippen molar-refractivity contribution in [2.45, 2.75) is 114 Å². The van der Waals surface area contributed by atoms with E-state index in [1.54, 1.807) is 28.6 Å². The maximum absolute atomic E-state index is 14.2. The Morgan fingerprint density at radius 1 is 0.971 bits per heavy atom. The van der Waals surface area contributed by atoms with Crippen molar-refractivity contribution in [3.63, 3.8) is 0 Å². The molecular formula is C50H63F2N11O6. The second-order valence-corrected chi connectivity index (χ2v) is 20.1. The predicted octanol–water partition coefficient (Wildman–Crippen LogP) is 6.13. The number of benzene rings is 1. The number of nitrogens with one attached hydrogen (secondary N) is 2. The average molecular weight is 952 g/mol. The third kappa shape index (κ3) is 10.8. The standard InChI is InChI=1S/C50H63F2N11O6/c1-58(37-25-38(26-37)68-22-21-60-17-19-61(20-18-60)28-33-8-12-41-43(23-33)59(2)50(67)63(41)42-13-14-44(64)56-48(42)66)27-32-6-10-36(11-7-32)62-29-39(45(57-62)46(51)52)54-47(65)40-30-69-49(55-40)34-15-16-53-35(24-34)9-5-31-3-4-31/h8,12,15-16,23-24,29-32,36-38,42,46H,3-7,9-11,13-14,17-22,25-28H2,1-2H3,(H,54,65)(H,56,64,66).